The second kappa shape index (κ2) is 4.33. The lowest BCUT2D eigenvalue weighted by molar-refractivity contribution is 0.442. The Kier molecular flexibility index (Phi) is 2.88. The molecule has 0 fully saturated rings. The topological polar surface area (TPSA) is 109 Å². The molecule has 0 unspecified atom stereocenters. The Balaban J connectivity index is 2.33. The highest BCUT2D eigenvalue weighted by molar-refractivity contribution is 5.16. The molecular weight excluding hydrogens is 208 g/mol. The predicted octanol–water partition coefficient (Wildman–Crippen LogP) is 0.209. The summed E-state index contributed by atoms with van der Waals surface area (Å²) in [4.78, 5) is 0. The zero-order chi connectivity index (χ0) is 11.4. The van der Waals surface area contributed by atoms with Gasteiger partial charge < -0.3 is 0 Å². The van der Waals surface area contributed by atoms with E-state index in [1.54, 1.807) is 0 Å². The van der Waals surface area contributed by atoms with Gasteiger partial charge in [-0.2, -0.15) is 0 Å². The monoisotopic (exact) mass is 222 g/mol. The normalized spacial score (nSPS) is 11.9. The van der Waals surface area contributed by atoms with Gasteiger partial charge in [0.25, 0.3) is 0 Å². The molecule has 0 radical (unpaired) electrons. The first-order valence-electron chi connectivity index (χ1n) is 5.26. The molecule has 2 heterocycles. The first-order chi connectivity index (χ1) is 7.77. The van der Waals surface area contributed by atoms with E-state index in [1.807, 2.05) is 6.92 Å². The summed E-state index contributed by atoms with van der Waals surface area (Å²) in [7, 11) is 0. The van der Waals surface area contributed by atoms with Crippen molar-refractivity contribution < 1.29 is 0 Å². The van der Waals surface area contributed by atoms with Crippen LogP contribution in [0.5, 0.6) is 0 Å². The lowest BCUT2D eigenvalue weighted by Gasteiger charge is -2.22. The van der Waals surface area contributed by atoms with E-state index in [0.717, 1.165) is 19.3 Å². The molecular formula is C8H14N8. The fourth-order valence-electron chi connectivity index (χ4n) is 1.67. The van der Waals surface area contributed by atoms with Crippen molar-refractivity contribution >= 4 is 0 Å². The van der Waals surface area contributed by atoms with Gasteiger partial charge in [-0.3, -0.25) is 0 Å². The fraction of sp³-hybridized carbons (Fsp3) is 0.750. The summed E-state index contributed by atoms with van der Waals surface area (Å²) in [5.41, 5.74) is -0.386. The molecule has 0 aliphatic carbocycles. The minimum atomic E-state index is -0.386. The summed E-state index contributed by atoms with van der Waals surface area (Å²) in [6, 6.07) is 0. The Morgan fingerprint density at radius 1 is 1.06 bits per heavy atom. The second-order valence-corrected chi connectivity index (χ2v) is 3.94. The van der Waals surface area contributed by atoms with Crippen molar-refractivity contribution in [1.29, 1.82) is 0 Å². The van der Waals surface area contributed by atoms with E-state index < -0.39 is 0 Å². The minimum Gasteiger partial charge on any atom is -0.242 e. The van der Waals surface area contributed by atoms with Gasteiger partial charge >= 0.3 is 0 Å². The van der Waals surface area contributed by atoms with Gasteiger partial charge in [0.15, 0.2) is 11.6 Å². The number of nitrogens with one attached hydrogen (secondary N) is 2. The number of hydrogen-bond acceptors (Lipinski definition) is 6. The maximum Gasteiger partial charge on any atom is 0.162 e. The van der Waals surface area contributed by atoms with E-state index >= 15 is 0 Å². The molecule has 8 nitrogen and oxygen atoms in total. The Morgan fingerprint density at radius 2 is 1.62 bits per heavy atom. The lowest BCUT2D eigenvalue weighted by Crippen LogP contribution is -2.27. The largest absolute Gasteiger partial charge is 0.242 e. The Labute approximate surface area is 92.2 Å². The molecule has 2 aromatic heterocycles. The molecule has 0 aliphatic rings. The van der Waals surface area contributed by atoms with Crippen molar-refractivity contribution in [3.63, 3.8) is 0 Å². The van der Waals surface area contributed by atoms with Crippen LogP contribution in [0.4, 0.5) is 0 Å². The van der Waals surface area contributed by atoms with Crippen LogP contribution in [0.1, 0.15) is 44.8 Å². The van der Waals surface area contributed by atoms with Crippen LogP contribution in [-0.2, 0) is 5.41 Å². The third-order valence-electron chi connectivity index (χ3n) is 2.77. The van der Waals surface area contributed by atoms with E-state index in [1.165, 1.54) is 0 Å². The van der Waals surface area contributed by atoms with Gasteiger partial charge in [-0.05, 0) is 34.2 Å². The SMILES string of the molecule is CCCCC(C)(c1nnn[nH]1)c1nnn[nH]1. The lowest BCUT2D eigenvalue weighted by atomic mass is 9.83. The van der Waals surface area contributed by atoms with Crippen molar-refractivity contribution in [3.8, 4) is 0 Å². The maximum atomic E-state index is 3.96. The molecule has 0 aliphatic heterocycles. The van der Waals surface area contributed by atoms with E-state index in [0.29, 0.717) is 11.6 Å². The molecule has 2 rings (SSSR count). The maximum absolute atomic E-state index is 3.96. The molecule has 2 N–H and O–H groups in total. The van der Waals surface area contributed by atoms with Gasteiger partial charge in [0.2, 0.25) is 0 Å². The van der Waals surface area contributed by atoms with Crippen LogP contribution >= 0.6 is 0 Å². The first-order valence-corrected chi connectivity index (χ1v) is 5.26. The number of hydrogen-bond donors (Lipinski definition) is 2. The molecule has 8 heteroatoms. The van der Waals surface area contributed by atoms with Crippen LogP contribution in [0.15, 0.2) is 0 Å². The summed E-state index contributed by atoms with van der Waals surface area (Å²) in [6.07, 6.45) is 3.04. The molecule has 0 aromatic carbocycles. The molecule has 86 valence electrons. The summed E-state index contributed by atoms with van der Waals surface area (Å²) < 4.78 is 0. The molecule has 0 amide bonds. The van der Waals surface area contributed by atoms with Crippen molar-refractivity contribution in [2.75, 3.05) is 0 Å². The molecule has 16 heavy (non-hydrogen) atoms. The summed E-state index contributed by atoms with van der Waals surface area (Å²) in [5, 5.41) is 27.9. The van der Waals surface area contributed by atoms with E-state index in [4.69, 9.17) is 0 Å². The predicted molar refractivity (Wildman–Crippen MR) is 54.3 cm³/mol. The van der Waals surface area contributed by atoms with Gasteiger partial charge in [0.05, 0.1) is 5.41 Å². The average Bonchev–Trinajstić information content (AvgIpc) is 2.96. The number of nitrogens with zero attached hydrogens (tertiary/aromatic N) is 6. The standard InChI is InChI=1S/C8H14N8/c1-3-4-5-8(2,6-9-13-14-10-6)7-11-15-16-12-7/h3-5H2,1-2H3,(H,9,10,13,14)(H,11,12,15,16). The third kappa shape index (κ3) is 1.77. The van der Waals surface area contributed by atoms with Crippen LogP contribution in [0.3, 0.4) is 0 Å². The van der Waals surface area contributed by atoms with Crippen molar-refractivity contribution in [3.05, 3.63) is 11.6 Å². The number of aromatic nitrogens is 8. The quantitative estimate of drug-likeness (QED) is 0.748. The number of unbranched alkanes of at least 4 members (excludes halogenated alkanes) is 1. The zero-order valence-electron chi connectivity index (χ0n) is 9.30. The highest BCUT2D eigenvalue weighted by atomic mass is 15.5. The molecule has 0 atom stereocenters. The molecule has 0 saturated heterocycles. The number of rotatable bonds is 5. The van der Waals surface area contributed by atoms with Crippen LogP contribution in [-0.4, -0.2) is 41.2 Å². The summed E-state index contributed by atoms with van der Waals surface area (Å²) in [6.45, 7) is 4.16. The molecule has 0 spiro atoms. The van der Waals surface area contributed by atoms with Crippen LogP contribution in [0, 0.1) is 0 Å². The summed E-state index contributed by atoms with van der Waals surface area (Å²) >= 11 is 0. The number of aromatic amines is 2. The Bertz CT molecular complexity index is 371. The number of H-pyrrole nitrogens is 2. The smallest absolute Gasteiger partial charge is 0.162 e. The van der Waals surface area contributed by atoms with Crippen LogP contribution in [0.25, 0.3) is 0 Å². The zero-order valence-corrected chi connectivity index (χ0v) is 9.30. The number of tetrazole rings is 2. The van der Waals surface area contributed by atoms with Crippen molar-refractivity contribution in [2.45, 2.75) is 38.5 Å². The van der Waals surface area contributed by atoms with Gasteiger partial charge in [-0.15, -0.1) is 10.2 Å². The molecule has 0 saturated carbocycles. The van der Waals surface area contributed by atoms with E-state index in [-0.39, 0.29) is 5.41 Å². The van der Waals surface area contributed by atoms with Crippen molar-refractivity contribution in [1.82, 2.24) is 41.2 Å². The highest BCUT2D eigenvalue weighted by Gasteiger charge is 2.35. The van der Waals surface area contributed by atoms with E-state index in [9.17, 15) is 0 Å². The highest BCUT2D eigenvalue weighted by Crippen LogP contribution is 2.31. The Morgan fingerprint density at radius 3 is 2.00 bits per heavy atom. The Hall–Kier alpha value is -1.86. The average molecular weight is 222 g/mol. The van der Waals surface area contributed by atoms with Gasteiger partial charge in [0, 0.05) is 0 Å². The first kappa shape index (κ1) is 10.7. The second-order valence-electron chi connectivity index (χ2n) is 3.94. The van der Waals surface area contributed by atoms with Crippen LogP contribution in [0.2, 0.25) is 0 Å². The summed E-state index contributed by atoms with van der Waals surface area (Å²) in [5.74, 6) is 1.36. The molecule has 0 bridgehead atoms. The van der Waals surface area contributed by atoms with Gasteiger partial charge in [0.1, 0.15) is 0 Å². The van der Waals surface area contributed by atoms with Gasteiger partial charge in [-0.1, -0.05) is 19.8 Å². The molecule has 2 aromatic rings. The van der Waals surface area contributed by atoms with E-state index in [2.05, 4.69) is 48.2 Å². The fourth-order valence-corrected chi connectivity index (χ4v) is 1.67. The third-order valence-corrected chi connectivity index (χ3v) is 2.77. The van der Waals surface area contributed by atoms with Gasteiger partial charge in [-0.25, -0.2) is 10.2 Å². The minimum absolute atomic E-state index is 0.386. The van der Waals surface area contributed by atoms with Crippen LogP contribution < -0.4 is 0 Å². The van der Waals surface area contributed by atoms with Crippen molar-refractivity contribution in [2.24, 2.45) is 0 Å².